The summed E-state index contributed by atoms with van der Waals surface area (Å²) in [4.78, 5) is 29.6. The van der Waals surface area contributed by atoms with E-state index in [0.29, 0.717) is 12.3 Å². The molecule has 29 heavy (non-hydrogen) atoms. The molecule has 2 N–H and O–H groups in total. The van der Waals surface area contributed by atoms with Gasteiger partial charge in [0, 0.05) is 24.6 Å². The fourth-order valence-corrected chi connectivity index (χ4v) is 2.88. The van der Waals surface area contributed by atoms with Gasteiger partial charge in [-0.2, -0.15) is 13.2 Å². The lowest BCUT2D eigenvalue weighted by Crippen LogP contribution is -2.53. The van der Waals surface area contributed by atoms with E-state index in [1.807, 2.05) is 0 Å². The Bertz CT molecular complexity index is 1060. The molecule has 0 aromatic carbocycles. The molecule has 0 bridgehead atoms. The van der Waals surface area contributed by atoms with Gasteiger partial charge >= 0.3 is 6.18 Å². The van der Waals surface area contributed by atoms with Crippen molar-refractivity contribution in [3.8, 4) is 11.6 Å². The normalized spacial score (nSPS) is 16.3. The van der Waals surface area contributed by atoms with Gasteiger partial charge < -0.3 is 5.11 Å². The van der Waals surface area contributed by atoms with Crippen LogP contribution >= 0.6 is 12.2 Å². The molecule has 3 heterocycles. The minimum atomic E-state index is -4.66. The van der Waals surface area contributed by atoms with Crippen molar-refractivity contribution in [1.82, 2.24) is 19.8 Å². The number of amides is 2. The predicted molar refractivity (Wildman–Crippen MR) is 101 cm³/mol. The molecule has 1 fully saturated rings. The summed E-state index contributed by atoms with van der Waals surface area (Å²) in [7, 11) is 0. The first-order chi connectivity index (χ1) is 13.6. The van der Waals surface area contributed by atoms with Crippen molar-refractivity contribution >= 4 is 35.2 Å². The van der Waals surface area contributed by atoms with E-state index >= 15 is 0 Å². The van der Waals surface area contributed by atoms with E-state index in [4.69, 9.17) is 12.2 Å². The quantitative estimate of drug-likeness (QED) is 0.342. The average Bonchev–Trinajstić information content (AvgIpc) is 3.09. The van der Waals surface area contributed by atoms with Crippen molar-refractivity contribution < 1.29 is 27.9 Å². The van der Waals surface area contributed by atoms with Gasteiger partial charge in [0.25, 0.3) is 11.8 Å². The molecule has 2 aromatic heterocycles. The number of nitrogens with one attached hydrogen (secondary N) is 1. The minimum Gasteiger partial charge on any atom is -0.504 e. The van der Waals surface area contributed by atoms with E-state index in [1.54, 1.807) is 0 Å². The van der Waals surface area contributed by atoms with Crippen LogP contribution in [0.1, 0.15) is 11.3 Å². The molecule has 0 atom stereocenters. The van der Waals surface area contributed by atoms with Crippen molar-refractivity contribution in [3.63, 3.8) is 0 Å². The summed E-state index contributed by atoms with van der Waals surface area (Å²) in [6.45, 7) is 3.61. The highest BCUT2D eigenvalue weighted by atomic mass is 32.1. The summed E-state index contributed by atoms with van der Waals surface area (Å²) in [6.07, 6.45) is -0.00162. The summed E-state index contributed by atoms with van der Waals surface area (Å²) >= 11 is 4.97. The third-order valence-corrected chi connectivity index (χ3v) is 4.30. The van der Waals surface area contributed by atoms with E-state index in [1.165, 1.54) is 35.0 Å². The summed E-state index contributed by atoms with van der Waals surface area (Å²) < 4.78 is 39.6. The lowest BCUT2D eigenvalue weighted by molar-refractivity contribution is -0.138. The molecule has 3 rings (SSSR count). The summed E-state index contributed by atoms with van der Waals surface area (Å²) in [5.41, 5.74) is -1.12. The molecular weight excluding hydrogens is 409 g/mol. The number of carbonyl (C=O) groups excluding carboxylic acids is 2. The van der Waals surface area contributed by atoms with Crippen LogP contribution in [0.25, 0.3) is 11.9 Å². The number of carbonyl (C=O) groups is 2. The molecule has 0 spiro atoms. The van der Waals surface area contributed by atoms with Crippen LogP contribution in [0.5, 0.6) is 5.75 Å². The van der Waals surface area contributed by atoms with Crippen LogP contribution in [0.15, 0.2) is 48.8 Å². The second-order valence-electron chi connectivity index (χ2n) is 5.89. The van der Waals surface area contributed by atoms with Gasteiger partial charge in [0.05, 0.1) is 5.56 Å². The molecule has 0 aliphatic carbocycles. The first kappa shape index (κ1) is 20.3. The maximum absolute atomic E-state index is 12.8. The first-order valence-corrected chi connectivity index (χ1v) is 8.48. The van der Waals surface area contributed by atoms with Crippen LogP contribution in [-0.4, -0.2) is 43.0 Å². The van der Waals surface area contributed by atoms with Gasteiger partial charge in [-0.05, 0) is 36.5 Å². The van der Waals surface area contributed by atoms with E-state index < -0.39 is 29.3 Å². The number of nitrogens with zero attached hydrogens (tertiary/aromatic N) is 3. The number of aromatic hydroxyl groups is 1. The highest BCUT2D eigenvalue weighted by Gasteiger charge is 2.34. The van der Waals surface area contributed by atoms with E-state index in [-0.39, 0.29) is 28.7 Å². The van der Waals surface area contributed by atoms with Crippen LogP contribution in [0.4, 0.5) is 13.2 Å². The minimum absolute atomic E-state index is 0.0607. The van der Waals surface area contributed by atoms with E-state index in [2.05, 4.69) is 16.9 Å². The molecule has 0 radical (unpaired) electrons. The highest BCUT2D eigenvalue weighted by Crippen LogP contribution is 2.33. The highest BCUT2D eigenvalue weighted by molar-refractivity contribution is 7.80. The summed E-state index contributed by atoms with van der Waals surface area (Å²) in [5.74, 6) is -2.30. The molecular formula is C18H13F3N4O3S. The number of hydrogen-bond acceptors (Lipinski definition) is 5. The number of alkyl halides is 3. The maximum atomic E-state index is 12.8. The molecule has 7 nitrogen and oxygen atoms in total. The van der Waals surface area contributed by atoms with Gasteiger partial charge in [-0.25, -0.2) is 4.98 Å². The standard InChI is InChI=1S/C18H13F3N4O3S/c1-2-5-25-16(28)12(15(27)23-17(25)29)8-11-4-3-6-24(11)14-13(26)7-10(9-22-14)18(19,20)21/h2-4,6-9,26H,1,5H2,(H,23,27,29). The summed E-state index contributed by atoms with van der Waals surface area (Å²) in [6, 6.07) is 3.56. The zero-order valence-corrected chi connectivity index (χ0v) is 15.4. The van der Waals surface area contributed by atoms with Crippen LogP contribution in [0, 0.1) is 0 Å². The first-order valence-electron chi connectivity index (χ1n) is 8.07. The number of aromatic nitrogens is 2. The zero-order chi connectivity index (χ0) is 21.3. The smallest absolute Gasteiger partial charge is 0.418 e. The van der Waals surface area contributed by atoms with Crippen molar-refractivity contribution in [2.75, 3.05) is 6.54 Å². The molecule has 2 aromatic rings. The lowest BCUT2D eigenvalue weighted by atomic mass is 10.1. The fourth-order valence-electron chi connectivity index (χ4n) is 2.63. The van der Waals surface area contributed by atoms with Crippen LogP contribution < -0.4 is 5.32 Å². The van der Waals surface area contributed by atoms with Gasteiger partial charge in [0.15, 0.2) is 16.7 Å². The maximum Gasteiger partial charge on any atom is 0.418 e. The second-order valence-corrected chi connectivity index (χ2v) is 6.28. The Hall–Kier alpha value is -3.47. The zero-order valence-electron chi connectivity index (χ0n) is 14.6. The monoisotopic (exact) mass is 422 g/mol. The Kier molecular flexibility index (Phi) is 5.25. The number of pyridine rings is 1. The van der Waals surface area contributed by atoms with Gasteiger partial charge in [-0.1, -0.05) is 6.08 Å². The topological polar surface area (TPSA) is 87.5 Å². The molecule has 11 heteroatoms. The summed E-state index contributed by atoms with van der Waals surface area (Å²) in [5, 5.41) is 12.3. The Balaban J connectivity index is 2.02. The number of rotatable bonds is 4. The molecule has 0 saturated carbocycles. The number of hydrogen-bond donors (Lipinski definition) is 2. The van der Waals surface area contributed by atoms with Crippen molar-refractivity contribution in [2.45, 2.75) is 6.18 Å². The average molecular weight is 422 g/mol. The molecule has 1 aliphatic rings. The third-order valence-electron chi connectivity index (χ3n) is 3.97. The van der Waals surface area contributed by atoms with Gasteiger partial charge in [0.2, 0.25) is 0 Å². The predicted octanol–water partition coefficient (Wildman–Crippen LogP) is 2.41. The van der Waals surface area contributed by atoms with Crippen LogP contribution in [0.3, 0.4) is 0 Å². The molecule has 0 unspecified atom stereocenters. The van der Waals surface area contributed by atoms with Crippen molar-refractivity contribution in [2.24, 2.45) is 0 Å². The van der Waals surface area contributed by atoms with Gasteiger partial charge in [-0.3, -0.25) is 24.4 Å². The molecule has 1 saturated heterocycles. The Morgan fingerprint density at radius 1 is 1.34 bits per heavy atom. The van der Waals surface area contributed by atoms with Crippen LogP contribution in [-0.2, 0) is 15.8 Å². The van der Waals surface area contributed by atoms with Crippen LogP contribution in [0.2, 0.25) is 0 Å². The molecule has 2 amide bonds. The van der Waals surface area contributed by atoms with Gasteiger partial charge in [-0.15, -0.1) is 6.58 Å². The molecule has 1 aliphatic heterocycles. The SMILES string of the molecule is C=CCN1C(=O)C(=Cc2cccn2-c2ncc(C(F)(F)F)cc2O)C(=O)NC1=S. The fraction of sp³-hybridized carbons (Fsp3) is 0.111. The van der Waals surface area contributed by atoms with Crippen molar-refractivity contribution in [1.29, 1.82) is 0 Å². The van der Waals surface area contributed by atoms with Gasteiger partial charge in [0.1, 0.15) is 5.57 Å². The largest absolute Gasteiger partial charge is 0.504 e. The van der Waals surface area contributed by atoms with E-state index in [9.17, 15) is 27.9 Å². The Labute approximate surface area is 167 Å². The Morgan fingerprint density at radius 2 is 2.07 bits per heavy atom. The van der Waals surface area contributed by atoms with Crippen molar-refractivity contribution in [3.05, 3.63) is 60.1 Å². The molecule has 150 valence electrons. The third kappa shape index (κ3) is 3.90. The lowest BCUT2D eigenvalue weighted by Gasteiger charge is -2.27. The number of thiocarbonyl (C=S) groups is 1. The Morgan fingerprint density at radius 3 is 2.69 bits per heavy atom. The second kappa shape index (κ2) is 7.51. The van der Waals surface area contributed by atoms with E-state index in [0.717, 1.165) is 4.90 Å². The number of halogens is 3.